The number of hydrogen-bond acceptors (Lipinski definition) is 3. The van der Waals surface area contributed by atoms with Crippen molar-refractivity contribution in [3.05, 3.63) is 0 Å². The number of nitrogens with zero attached hydrogens (tertiary/aromatic N) is 1. The molecule has 3 N–H and O–H groups in total. The number of carbonyl (C=O) groups is 1. The summed E-state index contributed by atoms with van der Waals surface area (Å²) in [6.07, 6.45) is 1.17. The summed E-state index contributed by atoms with van der Waals surface area (Å²) in [6.45, 7) is 17.5. The Hall–Kier alpha value is -0.570. The van der Waals surface area contributed by atoms with Crippen molar-refractivity contribution in [1.82, 2.24) is 16.0 Å². The van der Waals surface area contributed by atoms with E-state index in [0.717, 1.165) is 32.1 Å². The van der Waals surface area contributed by atoms with Crippen molar-refractivity contribution in [3.8, 4) is 0 Å². The first-order valence-corrected chi connectivity index (χ1v) is 9.20. The second-order valence-electron chi connectivity index (χ2n) is 6.89. The molecule has 0 spiro atoms. The maximum absolute atomic E-state index is 12.0. The number of amides is 1. The molecule has 0 heterocycles. The van der Waals surface area contributed by atoms with Gasteiger partial charge in [0.05, 0.1) is 18.1 Å². The molecule has 0 saturated heterocycles. The Morgan fingerprint density at radius 1 is 1.08 bits per heavy atom. The summed E-state index contributed by atoms with van der Waals surface area (Å²) < 4.78 is 5.76. The van der Waals surface area contributed by atoms with E-state index in [9.17, 15) is 4.79 Å². The second-order valence-corrected chi connectivity index (χ2v) is 6.89. The van der Waals surface area contributed by atoms with Crippen LogP contribution in [0.25, 0.3) is 0 Å². The average molecular weight is 470 g/mol. The monoisotopic (exact) mass is 470 g/mol. The van der Waals surface area contributed by atoms with E-state index in [0.29, 0.717) is 19.0 Å². The molecule has 1 amide bonds. The number of rotatable bonds is 11. The fraction of sp³-hybridized carbons (Fsp3) is 0.889. The van der Waals surface area contributed by atoms with Crippen LogP contribution in [-0.2, 0) is 9.53 Å². The van der Waals surface area contributed by atoms with Crippen molar-refractivity contribution >= 4 is 35.8 Å². The Bertz CT molecular complexity index is 387. The second kappa shape index (κ2) is 14.6. The van der Waals surface area contributed by atoms with Crippen LogP contribution < -0.4 is 16.0 Å². The Balaban J connectivity index is 0. The Labute approximate surface area is 171 Å². The fourth-order valence-corrected chi connectivity index (χ4v) is 2.25. The highest BCUT2D eigenvalue weighted by Crippen LogP contribution is 2.15. The van der Waals surface area contributed by atoms with Gasteiger partial charge in [-0.05, 0) is 47.0 Å². The van der Waals surface area contributed by atoms with E-state index in [4.69, 9.17) is 4.74 Å². The molecule has 0 bridgehead atoms. The van der Waals surface area contributed by atoms with Gasteiger partial charge in [-0.25, -0.2) is 0 Å². The van der Waals surface area contributed by atoms with Crippen LogP contribution in [0.4, 0.5) is 0 Å². The third-order valence-corrected chi connectivity index (χ3v) is 3.77. The van der Waals surface area contributed by atoms with Gasteiger partial charge in [-0.1, -0.05) is 13.8 Å². The quantitative estimate of drug-likeness (QED) is 0.247. The molecule has 25 heavy (non-hydrogen) atoms. The highest BCUT2D eigenvalue weighted by molar-refractivity contribution is 14.0. The third-order valence-electron chi connectivity index (χ3n) is 3.77. The van der Waals surface area contributed by atoms with Crippen molar-refractivity contribution in [3.63, 3.8) is 0 Å². The van der Waals surface area contributed by atoms with E-state index in [2.05, 4.69) is 34.8 Å². The molecule has 0 aliphatic heterocycles. The summed E-state index contributed by atoms with van der Waals surface area (Å²) in [5.74, 6) is 1.26. The molecule has 0 aliphatic rings. The number of halogens is 1. The standard InChI is InChI=1S/C18H38N4O2.HI/c1-8-19-16(23)18(6,7)13-22-17(20-9-2)21-12-11-15(14(4)5)24-10-3;/h14-15H,8-13H2,1-7H3,(H,19,23)(H2,20,21,22);1H. The number of nitrogens with one attached hydrogen (secondary N) is 3. The minimum Gasteiger partial charge on any atom is -0.378 e. The molecule has 1 atom stereocenters. The van der Waals surface area contributed by atoms with Crippen molar-refractivity contribution in [1.29, 1.82) is 0 Å². The number of ether oxygens (including phenoxy) is 1. The van der Waals surface area contributed by atoms with E-state index >= 15 is 0 Å². The predicted molar refractivity (Wildman–Crippen MR) is 117 cm³/mol. The van der Waals surface area contributed by atoms with E-state index in [1.54, 1.807) is 0 Å². The summed E-state index contributed by atoms with van der Waals surface area (Å²) in [7, 11) is 0. The van der Waals surface area contributed by atoms with Gasteiger partial charge in [0.15, 0.2) is 5.96 Å². The third kappa shape index (κ3) is 11.6. The van der Waals surface area contributed by atoms with E-state index in [-0.39, 0.29) is 36.0 Å². The normalized spacial score (nSPS) is 13.2. The van der Waals surface area contributed by atoms with Gasteiger partial charge in [-0.2, -0.15) is 0 Å². The lowest BCUT2D eigenvalue weighted by atomic mass is 9.92. The fourth-order valence-electron chi connectivity index (χ4n) is 2.25. The molecule has 0 aliphatic carbocycles. The van der Waals surface area contributed by atoms with Gasteiger partial charge in [0, 0.05) is 26.2 Å². The molecule has 6 nitrogen and oxygen atoms in total. The van der Waals surface area contributed by atoms with Crippen LogP contribution >= 0.6 is 24.0 Å². The highest BCUT2D eigenvalue weighted by Gasteiger charge is 2.26. The van der Waals surface area contributed by atoms with Gasteiger partial charge >= 0.3 is 0 Å². The summed E-state index contributed by atoms with van der Waals surface area (Å²) in [5, 5.41) is 9.42. The zero-order chi connectivity index (χ0) is 18.6. The van der Waals surface area contributed by atoms with Crippen LogP contribution in [0.5, 0.6) is 0 Å². The molecule has 0 radical (unpaired) electrons. The van der Waals surface area contributed by atoms with Crippen LogP contribution in [0.2, 0.25) is 0 Å². The molecule has 0 aromatic carbocycles. The lowest BCUT2D eigenvalue weighted by Gasteiger charge is -2.23. The smallest absolute Gasteiger partial charge is 0.227 e. The molecule has 0 fully saturated rings. The first-order chi connectivity index (χ1) is 11.3. The molecule has 0 rings (SSSR count). The van der Waals surface area contributed by atoms with Crippen molar-refractivity contribution in [2.24, 2.45) is 16.3 Å². The van der Waals surface area contributed by atoms with E-state index in [1.807, 2.05) is 34.6 Å². The Morgan fingerprint density at radius 3 is 2.16 bits per heavy atom. The van der Waals surface area contributed by atoms with E-state index in [1.165, 1.54) is 0 Å². The minimum atomic E-state index is -0.524. The molecular formula is C18H39IN4O2. The molecule has 0 saturated carbocycles. The van der Waals surface area contributed by atoms with Crippen LogP contribution in [0.3, 0.4) is 0 Å². The van der Waals surface area contributed by atoms with Crippen LogP contribution in [0, 0.1) is 11.3 Å². The molecule has 0 aromatic rings. The lowest BCUT2D eigenvalue weighted by Crippen LogP contribution is -2.42. The summed E-state index contributed by atoms with van der Waals surface area (Å²) in [6, 6.07) is 0. The summed E-state index contributed by atoms with van der Waals surface area (Å²) >= 11 is 0. The zero-order valence-corrected chi connectivity index (χ0v) is 19.4. The van der Waals surface area contributed by atoms with Crippen LogP contribution in [-0.4, -0.2) is 50.8 Å². The number of aliphatic imine (C=N–C) groups is 1. The van der Waals surface area contributed by atoms with E-state index < -0.39 is 5.41 Å². The average Bonchev–Trinajstić information content (AvgIpc) is 2.51. The first-order valence-electron chi connectivity index (χ1n) is 9.20. The maximum Gasteiger partial charge on any atom is 0.227 e. The van der Waals surface area contributed by atoms with Gasteiger partial charge in [0.2, 0.25) is 5.91 Å². The molecule has 7 heteroatoms. The SMILES string of the molecule is CCNC(=O)C(C)(C)CN=C(NCC)NCCC(OCC)C(C)C.I. The van der Waals surface area contributed by atoms with Crippen molar-refractivity contribution < 1.29 is 9.53 Å². The lowest BCUT2D eigenvalue weighted by molar-refractivity contribution is -0.128. The van der Waals surface area contributed by atoms with Crippen molar-refractivity contribution in [2.75, 3.05) is 32.8 Å². The largest absolute Gasteiger partial charge is 0.378 e. The van der Waals surface area contributed by atoms with Crippen LogP contribution in [0.15, 0.2) is 4.99 Å². The Morgan fingerprint density at radius 2 is 1.68 bits per heavy atom. The Kier molecular flexibility index (Phi) is 15.6. The minimum absolute atomic E-state index is 0. The molecule has 0 aromatic heterocycles. The summed E-state index contributed by atoms with van der Waals surface area (Å²) in [4.78, 5) is 16.6. The molecule has 150 valence electrons. The first kappa shape index (κ1) is 26.7. The topological polar surface area (TPSA) is 74.8 Å². The summed E-state index contributed by atoms with van der Waals surface area (Å²) in [5.41, 5.74) is -0.524. The predicted octanol–water partition coefficient (Wildman–Crippen LogP) is 2.77. The molecule has 1 unspecified atom stereocenters. The maximum atomic E-state index is 12.0. The van der Waals surface area contributed by atoms with Crippen molar-refractivity contribution in [2.45, 2.75) is 61.0 Å². The number of carbonyl (C=O) groups excluding carboxylic acids is 1. The van der Waals surface area contributed by atoms with Crippen LogP contribution in [0.1, 0.15) is 54.9 Å². The zero-order valence-electron chi connectivity index (χ0n) is 17.1. The number of guanidine groups is 1. The van der Waals surface area contributed by atoms with Gasteiger partial charge in [0.1, 0.15) is 0 Å². The van der Waals surface area contributed by atoms with Gasteiger partial charge < -0.3 is 20.7 Å². The van der Waals surface area contributed by atoms with Gasteiger partial charge in [-0.15, -0.1) is 24.0 Å². The van der Waals surface area contributed by atoms with Gasteiger partial charge in [0.25, 0.3) is 0 Å². The number of hydrogen-bond donors (Lipinski definition) is 3. The highest BCUT2D eigenvalue weighted by atomic mass is 127. The van der Waals surface area contributed by atoms with Gasteiger partial charge in [-0.3, -0.25) is 9.79 Å². The molecular weight excluding hydrogens is 431 g/mol.